The molecule has 0 bridgehead atoms. The standard InChI is InChI=1S/C44H74N4O12/c1-31(2)37(50)26-23-34(42(55)56)46-39(52)27-24-35(43(57)58)47-40(53)28-25-36(44(59)60)48-41(54)33-21-19-32(20-22-33)30-45-38(51)18-16-14-12-10-8-6-4-3-5-7-9-11-13-15-17-29-49/h29,31-36H,3-28,30H2,1-2H3,(H,45,51)(H,46,52)(H,47,53)(H,48,54)(H,55,56)(H,57,58)(H,59,60)/t32?,33?,34?,35-,36?/m0/s1. The van der Waals surface area contributed by atoms with Gasteiger partial charge in [-0.15, -0.1) is 0 Å². The minimum Gasteiger partial charge on any atom is -0.480 e. The lowest BCUT2D eigenvalue weighted by Crippen LogP contribution is -2.46. The first-order valence-electron chi connectivity index (χ1n) is 22.4. The van der Waals surface area contributed by atoms with Gasteiger partial charge < -0.3 is 41.4 Å². The number of nitrogens with one attached hydrogen (secondary N) is 4. The molecule has 16 heteroatoms. The SMILES string of the molecule is CC(C)C(=O)CCC(NC(=O)CC[C@H](NC(=O)CCC(NC(=O)C1CCC(CNC(=O)CCCCCCCCCCCCCCCCC=O)CC1)C(=O)O)C(=O)O)C(=O)O. The second kappa shape index (κ2) is 32.4. The van der Waals surface area contributed by atoms with Crippen LogP contribution in [0.15, 0.2) is 0 Å². The number of amides is 4. The molecule has 0 heterocycles. The number of carboxylic acid groups (broad SMARTS) is 3. The van der Waals surface area contributed by atoms with E-state index in [1.807, 2.05) is 0 Å². The molecule has 0 spiro atoms. The Morgan fingerprint density at radius 2 is 0.917 bits per heavy atom. The van der Waals surface area contributed by atoms with Crippen molar-refractivity contribution in [3.05, 3.63) is 0 Å². The van der Waals surface area contributed by atoms with Crippen molar-refractivity contribution in [3.8, 4) is 0 Å². The quantitative estimate of drug-likeness (QED) is 0.0299. The van der Waals surface area contributed by atoms with Crippen LogP contribution in [0, 0.1) is 17.8 Å². The van der Waals surface area contributed by atoms with Gasteiger partial charge in [0.05, 0.1) is 0 Å². The van der Waals surface area contributed by atoms with Gasteiger partial charge in [-0.3, -0.25) is 24.0 Å². The molecule has 3 atom stereocenters. The number of hydrogen-bond acceptors (Lipinski definition) is 9. The third-order valence-corrected chi connectivity index (χ3v) is 11.3. The molecule has 0 aliphatic heterocycles. The van der Waals surface area contributed by atoms with Gasteiger partial charge in [0.2, 0.25) is 23.6 Å². The highest BCUT2D eigenvalue weighted by Gasteiger charge is 2.31. The maximum absolute atomic E-state index is 13.0. The highest BCUT2D eigenvalue weighted by atomic mass is 16.4. The van der Waals surface area contributed by atoms with E-state index >= 15 is 0 Å². The number of carboxylic acids is 3. The van der Waals surface area contributed by atoms with E-state index in [1.54, 1.807) is 13.8 Å². The summed E-state index contributed by atoms with van der Waals surface area (Å²) in [5, 5.41) is 38.7. The summed E-state index contributed by atoms with van der Waals surface area (Å²) in [6.07, 6.45) is 19.5. The van der Waals surface area contributed by atoms with Crippen molar-refractivity contribution in [2.24, 2.45) is 17.8 Å². The number of aliphatic carboxylic acids is 3. The molecule has 1 fully saturated rings. The molecule has 2 unspecified atom stereocenters. The summed E-state index contributed by atoms with van der Waals surface area (Å²) in [5.74, 6) is -6.78. The molecule has 0 aromatic heterocycles. The number of carbonyl (C=O) groups is 9. The largest absolute Gasteiger partial charge is 0.480 e. The molecule has 7 N–H and O–H groups in total. The van der Waals surface area contributed by atoms with Crippen LogP contribution in [0.3, 0.4) is 0 Å². The Kier molecular flexibility index (Phi) is 29.0. The maximum atomic E-state index is 13.0. The molecule has 0 aromatic rings. The minimum atomic E-state index is -1.51. The summed E-state index contributed by atoms with van der Waals surface area (Å²) in [7, 11) is 0. The number of rotatable bonds is 36. The van der Waals surface area contributed by atoms with Crippen LogP contribution in [0.4, 0.5) is 0 Å². The molecule has 16 nitrogen and oxygen atoms in total. The van der Waals surface area contributed by atoms with Gasteiger partial charge in [0.15, 0.2) is 0 Å². The van der Waals surface area contributed by atoms with E-state index in [4.69, 9.17) is 0 Å². The average Bonchev–Trinajstić information content (AvgIpc) is 3.21. The van der Waals surface area contributed by atoms with Crippen LogP contribution in [0.1, 0.15) is 181 Å². The molecule has 1 aliphatic rings. The number of hydrogen-bond donors (Lipinski definition) is 7. The average molecular weight is 851 g/mol. The van der Waals surface area contributed by atoms with E-state index in [1.165, 1.54) is 57.8 Å². The minimum absolute atomic E-state index is 0.0311. The predicted octanol–water partition coefficient (Wildman–Crippen LogP) is 5.62. The lowest BCUT2D eigenvalue weighted by Gasteiger charge is -2.28. The lowest BCUT2D eigenvalue weighted by molar-refractivity contribution is -0.144. The first-order valence-corrected chi connectivity index (χ1v) is 22.4. The Hall–Kier alpha value is -4.37. The van der Waals surface area contributed by atoms with Crippen LogP contribution in [0.25, 0.3) is 0 Å². The molecule has 0 radical (unpaired) electrons. The maximum Gasteiger partial charge on any atom is 0.326 e. The normalized spacial score (nSPS) is 16.5. The van der Waals surface area contributed by atoms with E-state index in [9.17, 15) is 58.5 Å². The molecular weight excluding hydrogens is 777 g/mol. The summed E-state index contributed by atoms with van der Waals surface area (Å²) in [4.78, 5) is 108. The Bertz CT molecular complexity index is 1350. The van der Waals surface area contributed by atoms with Crippen molar-refractivity contribution in [1.29, 1.82) is 0 Å². The van der Waals surface area contributed by atoms with Gasteiger partial charge in [0.1, 0.15) is 30.2 Å². The summed E-state index contributed by atoms with van der Waals surface area (Å²) in [6.45, 7) is 3.88. The number of aldehydes is 1. The highest BCUT2D eigenvalue weighted by Crippen LogP contribution is 2.29. The summed E-state index contributed by atoms with van der Waals surface area (Å²) < 4.78 is 0. The van der Waals surface area contributed by atoms with Crippen molar-refractivity contribution in [2.75, 3.05) is 6.54 Å². The number of carbonyl (C=O) groups excluding carboxylic acids is 6. The van der Waals surface area contributed by atoms with Crippen LogP contribution in [0.2, 0.25) is 0 Å². The molecule has 0 aromatic carbocycles. The van der Waals surface area contributed by atoms with E-state index in [-0.39, 0.29) is 49.2 Å². The van der Waals surface area contributed by atoms with Gasteiger partial charge in [-0.1, -0.05) is 90.9 Å². The van der Waals surface area contributed by atoms with Crippen LogP contribution in [0.5, 0.6) is 0 Å². The third-order valence-electron chi connectivity index (χ3n) is 11.3. The van der Waals surface area contributed by atoms with E-state index < -0.39 is 72.5 Å². The molecule has 1 aliphatic carbocycles. The van der Waals surface area contributed by atoms with Crippen molar-refractivity contribution < 1.29 is 58.5 Å². The highest BCUT2D eigenvalue weighted by molar-refractivity contribution is 5.88. The second-order valence-corrected chi connectivity index (χ2v) is 16.7. The summed E-state index contributed by atoms with van der Waals surface area (Å²) in [6, 6.07) is -4.25. The van der Waals surface area contributed by atoms with Gasteiger partial charge >= 0.3 is 17.9 Å². The van der Waals surface area contributed by atoms with Gasteiger partial charge in [-0.05, 0) is 63.7 Å². The molecule has 4 amide bonds. The smallest absolute Gasteiger partial charge is 0.326 e. The molecule has 1 rings (SSSR count). The summed E-state index contributed by atoms with van der Waals surface area (Å²) >= 11 is 0. The molecule has 342 valence electrons. The zero-order chi connectivity index (χ0) is 44.7. The van der Waals surface area contributed by atoms with E-state index in [0.717, 1.165) is 38.4 Å². The Labute approximate surface area is 355 Å². The second-order valence-electron chi connectivity index (χ2n) is 16.7. The lowest BCUT2D eigenvalue weighted by atomic mass is 9.81. The molecule has 60 heavy (non-hydrogen) atoms. The monoisotopic (exact) mass is 851 g/mol. The van der Waals surface area contributed by atoms with Gasteiger partial charge in [0, 0.05) is 50.5 Å². The Morgan fingerprint density at radius 3 is 1.33 bits per heavy atom. The number of Topliss-reactive ketones (excluding diaryl/α,β-unsaturated/α-hetero) is 1. The van der Waals surface area contributed by atoms with Crippen LogP contribution in [-0.2, 0) is 43.2 Å². The summed E-state index contributed by atoms with van der Waals surface area (Å²) in [5.41, 5.74) is 0. The first kappa shape index (κ1) is 53.6. The topological polar surface area (TPSA) is 262 Å². The van der Waals surface area contributed by atoms with Crippen LogP contribution in [-0.4, -0.2) is 93.6 Å². The van der Waals surface area contributed by atoms with Gasteiger partial charge in [-0.2, -0.15) is 0 Å². The van der Waals surface area contributed by atoms with Crippen molar-refractivity contribution in [1.82, 2.24) is 21.3 Å². The zero-order valence-electron chi connectivity index (χ0n) is 36.1. The zero-order valence-corrected chi connectivity index (χ0v) is 36.1. The number of unbranched alkanes of at least 4 members (excludes halogenated alkanes) is 14. The number of ketones is 1. The van der Waals surface area contributed by atoms with Gasteiger partial charge in [-0.25, -0.2) is 14.4 Å². The Balaban J connectivity index is 2.28. The van der Waals surface area contributed by atoms with E-state index in [0.29, 0.717) is 45.1 Å². The third kappa shape index (κ3) is 26.0. The van der Waals surface area contributed by atoms with Crippen molar-refractivity contribution >= 4 is 53.6 Å². The van der Waals surface area contributed by atoms with Crippen LogP contribution < -0.4 is 21.3 Å². The predicted molar refractivity (Wildman–Crippen MR) is 225 cm³/mol. The van der Waals surface area contributed by atoms with Crippen molar-refractivity contribution in [3.63, 3.8) is 0 Å². The fourth-order valence-corrected chi connectivity index (χ4v) is 7.33. The first-order chi connectivity index (χ1) is 28.6. The molecule has 1 saturated carbocycles. The fourth-order valence-electron chi connectivity index (χ4n) is 7.33. The van der Waals surface area contributed by atoms with Crippen LogP contribution >= 0.6 is 0 Å². The van der Waals surface area contributed by atoms with E-state index in [2.05, 4.69) is 21.3 Å². The fraction of sp³-hybridized carbons (Fsp3) is 0.795. The van der Waals surface area contributed by atoms with Crippen molar-refractivity contribution in [2.45, 2.75) is 199 Å². The molecule has 0 saturated heterocycles. The molecular formula is C44H74N4O12. The Morgan fingerprint density at radius 1 is 0.517 bits per heavy atom. The van der Waals surface area contributed by atoms with Gasteiger partial charge in [0.25, 0.3) is 0 Å².